The van der Waals surface area contributed by atoms with Gasteiger partial charge in [0, 0.05) is 6.42 Å². The van der Waals surface area contributed by atoms with Crippen LogP contribution in [-0.4, -0.2) is 53.5 Å². The molecular weight excluding hydrogens is 412 g/mol. The summed E-state index contributed by atoms with van der Waals surface area (Å²) in [5.74, 6) is -2.91. The number of carboxylic acids is 1. The van der Waals surface area contributed by atoms with E-state index >= 15 is 0 Å². The maximum Gasteiger partial charge on any atom is 0.326 e. The molecule has 6 N–H and O–H groups in total. The lowest BCUT2D eigenvalue weighted by Gasteiger charge is -2.18. The third-order valence-electron chi connectivity index (χ3n) is 4.73. The molecule has 0 aliphatic rings. The van der Waals surface area contributed by atoms with Gasteiger partial charge in [0.15, 0.2) is 0 Å². The molecule has 170 valence electrons. The van der Waals surface area contributed by atoms with Gasteiger partial charge < -0.3 is 26.8 Å². The number of nitrogens with two attached hydrogens (primary N) is 1. The van der Waals surface area contributed by atoms with Gasteiger partial charge in [-0.15, -0.1) is 0 Å². The van der Waals surface area contributed by atoms with Crippen molar-refractivity contribution in [2.75, 3.05) is 6.54 Å². The van der Waals surface area contributed by atoms with Gasteiger partial charge in [-0.25, -0.2) is 4.79 Å². The fourth-order valence-electron chi connectivity index (χ4n) is 2.96. The summed E-state index contributed by atoms with van der Waals surface area (Å²) in [6.07, 6.45) is 0.434. The Morgan fingerprint density at radius 2 is 1.38 bits per heavy atom. The molecule has 3 amide bonds. The lowest BCUT2D eigenvalue weighted by Crippen LogP contribution is -2.52. The van der Waals surface area contributed by atoms with Gasteiger partial charge in [-0.3, -0.25) is 14.4 Å². The van der Waals surface area contributed by atoms with Crippen LogP contribution in [0.15, 0.2) is 60.7 Å². The van der Waals surface area contributed by atoms with Crippen molar-refractivity contribution in [3.05, 3.63) is 71.8 Å². The molecule has 0 aliphatic heterocycles. The van der Waals surface area contributed by atoms with Crippen LogP contribution in [0.25, 0.3) is 0 Å². The minimum Gasteiger partial charge on any atom is -0.480 e. The minimum absolute atomic E-state index is 0.113. The van der Waals surface area contributed by atoms with E-state index in [0.29, 0.717) is 6.42 Å². The van der Waals surface area contributed by atoms with Gasteiger partial charge in [0.2, 0.25) is 17.7 Å². The van der Waals surface area contributed by atoms with E-state index in [-0.39, 0.29) is 6.42 Å². The van der Waals surface area contributed by atoms with Crippen LogP contribution < -0.4 is 21.7 Å². The lowest BCUT2D eigenvalue weighted by atomic mass is 10.1. The second-order valence-electron chi connectivity index (χ2n) is 7.39. The molecule has 2 aromatic rings. The summed E-state index contributed by atoms with van der Waals surface area (Å²) in [5.41, 5.74) is 7.56. The van der Waals surface area contributed by atoms with Crippen molar-refractivity contribution in [2.24, 2.45) is 5.73 Å². The SMILES string of the molecule is CC(NC(=O)C(N)Cc1ccccc1)C(=O)NCC(=O)NC(Cc1ccccc1)C(=O)O. The van der Waals surface area contributed by atoms with Crippen LogP contribution in [0.1, 0.15) is 18.1 Å². The van der Waals surface area contributed by atoms with Crippen LogP contribution in [0.2, 0.25) is 0 Å². The van der Waals surface area contributed by atoms with Gasteiger partial charge in [-0.05, 0) is 24.5 Å². The normalized spacial score (nSPS) is 13.3. The minimum atomic E-state index is -1.18. The smallest absolute Gasteiger partial charge is 0.326 e. The number of amides is 3. The van der Waals surface area contributed by atoms with Gasteiger partial charge in [-0.1, -0.05) is 60.7 Å². The van der Waals surface area contributed by atoms with E-state index in [1.54, 1.807) is 24.3 Å². The van der Waals surface area contributed by atoms with Crippen molar-refractivity contribution in [2.45, 2.75) is 37.9 Å². The van der Waals surface area contributed by atoms with Crippen molar-refractivity contribution in [1.82, 2.24) is 16.0 Å². The molecule has 0 aromatic heterocycles. The van der Waals surface area contributed by atoms with Gasteiger partial charge in [0.05, 0.1) is 12.6 Å². The second kappa shape index (κ2) is 12.2. The molecule has 2 rings (SSSR count). The number of nitrogens with one attached hydrogen (secondary N) is 3. The molecule has 2 aromatic carbocycles. The second-order valence-corrected chi connectivity index (χ2v) is 7.39. The predicted molar refractivity (Wildman–Crippen MR) is 118 cm³/mol. The molecule has 3 atom stereocenters. The summed E-state index contributed by atoms with van der Waals surface area (Å²) in [6.45, 7) is 1.05. The first-order chi connectivity index (χ1) is 15.3. The molecule has 3 unspecified atom stereocenters. The average Bonchev–Trinajstić information content (AvgIpc) is 2.78. The maximum atomic E-state index is 12.2. The third-order valence-corrected chi connectivity index (χ3v) is 4.73. The lowest BCUT2D eigenvalue weighted by molar-refractivity contribution is -0.141. The van der Waals surface area contributed by atoms with Crippen LogP contribution in [-0.2, 0) is 32.0 Å². The number of carboxylic acid groups (broad SMARTS) is 1. The molecule has 9 heteroatoms. The summed E-state index contributed by atoms with van der Waals surface area (Å²) in [6, 6.07) is 15.2. The molecule has 9 nitrogen and oxygen atoms in total. The molecule has 0 aliphatic carbocycles. The Hall–Kier alpha value is -3.72. The Labute approximate surface area is 186 Å². The number of rotatable bonds is 11. The number of carbonyl (C=O) groups is 4. The molecule has 0 radical (unpaired) electrons. The first-order valence-corrected chi connectivity index (χ1v) is 10.2. The van der Waals surface area contributed by atoms with Crippen molar-refractivity contribution < 1.29 is 24.3 Å². The topological polar surface area (TPSA) is 151 Å². The van der Waals surface area contributed by atoms with Crippen LogP contribution >= 0.6 is 0 Å². The highest BCUT2D eigenvalue weighted by molar-refractivity contribution is 5.92. The third kappa shape index (κ3) is 8.19. The highest BCUT2D eigenvalue weighted by Gasteiger charge is 2.23. The number of hydrogen-bond donors (Lipinski definition) is 5. The molecule has 0 heterocycles. The van der Waals surface area contributed by atoms with E-state index < -0.39 is 48.4 Å². The maximum absolute atomic E-state index is 12.2. The first kappa shape index (κ1) is 24.5. The molecule has 32 heavy (non-hydrogen) atoms. The monoisotopic (exact) mass is 440 g/mol. The Bertz CT molecular complexity index is 920. The van der Waals surface area contributed by atoms with E-state index in [4.69, 9.17) is 5.73 Å². The standard InChI is InChI=1S/C23H28N4O5/c1-15(26-22(30)18(24)12-16-8-4-2-5-9-16)21(29)25-14-20(28)27-19(23(31)32)13-17-10-6-3-7-11-17/h2-11,15,18-19H,12-14,24H2,1H3,(H,25,29)(H,26,30)(H,27,28)(H,31,32). The van der Waals surface area contributed by atoms with E-state index in [9.17, 15) is 24.3 Å². The van der Waals surface area contributed by atoms with Crippen LogP contribution in [0.4, 0.5) is 0 Å². The summed E-state index contributed by atoms with van der Waals surface area (Å²) in [7, 11) is 0. The number of carbonyl (C=O) groups excluding carboxylic acids is 3. The van der Waals surface area contributed by atoms with Crippen molar-refractivity contribution in [3.8, 4) is 0 Å². The Balaban J connectivity index is 1.77. The first-order valence-electron chi connectivity index (χ1n) is 10.2. The largest absolute Gasteiger partial charge is 0.480 e. The highest BCUT2D eigenvalue weighted by atomic mass is 16.4. The van der Waals surface area contributed by atoms with E-state index in [0.717, 1.165) is 11.1 Å². The van der Waals surface area contributed by atoms with Gasteiger partial charge in [-0.2, -0.15) is 0 Å². The zero-order chi connectivity index (χ0) is 23.5. The van der Waals surface area contributed by atoms with Crippen LogP contribution in [0, 0.1) is 0 Å². The number of benzene rings is 2. The predicted octanol–water partition coefficient (Wildman–Crippen LogP) is -0.0106. The summed E-state index contributed by atoms with van der Waals surface area (Å²) in [5, 5.41) is 16.6. The van der Waals surface area contributed by atoms with Crippen molar-refractivity contribution in [3.63, 3.8) is 0 Å². The molecular formula is C23H28N4O5. The summed E-state index contributed by atoms with van der Waals surface area (Å²) in [4.78, 5) is 48.0. The summed E-state index contributed by atoms with van der Waals surface area (Å²) < 4.78 is 0. The molecule has 0 saturated carbocycles. The quantitative estimate of drug-likeness (QED) is 0.332. The Morgan fingerprint density at radius 3 is 1.91 bits per heavy atom. The number of aliphatic carboxylic acids is 1. The molecule has 0 bridgehead atoms. The zero-order valence-electron chi connectivity index (χ0n) is 17.8. The van der Waals surface area contributed by atoms with E-state index in [1.807, 2.05) is 36.4 Å². The van der Waals surface area contributed by atoms with Gasteiger partial charge >= 0.3 is 5.97 Å². The van der Waals surface area contributed by atoms with Crippen molar-refractivity contribution in [1.29, 1.82) is 0 Å². The Kier molecular flexibility index (Phi) is 9.37. The van der Waals surface area contributed by atoms with Gasteiger partial charge in [0.1, 0.15) is 12.1 Å². The summed E-state index contributed by atoms with van der Waals surface area (Å²) >= 11 is 0. The highest BCUT2D eigenvalue weighted by Crippen LogP contribution is 2.04. The fraction of sp³-hybridized carbons (Fsp3) is 0.304. The number of hydrogen-bond acceptors (Lipinski definition) is 5. The Morgan fingerprint density at radius 1 is 0.844 bits per heavy atom. The molecule has 0 fully saturated rings. The van der Waals surface area contributed by atoms with Gasteiger partial charge in [0.25, 0.3) is 0 Å². The van der Waals surface area contributed by atoms with E-state index in [2.05, 4.69) is 16.0 Å². The van der Waals surface area contributed by atoms with Crippen LogP contribution in [0.5, 0.6) is 0 Å². The molecule has 0 saturated heterocycles. The van der Waals surface area contributed by atoms with Crippen molar-refractivity contribution >= 4 is 23.7 Å². The van der Waals surface area contributed by atoms with Crippen LogP contribution in [0.3, 0.4) is 0 Å². The zero-order valence-corrected chi connectivity index (χ0v) is 17.8. The average molecular weight is 441 g/mol. The van der Waals surface area contributed by atoms with E-state index in [1.165, 1.54) is 6.92 Å². The fourth-order valence-corrected chi connectivity index (χ4v) is 2.96. The molecule has 0 spiro atoms.